The molecule has 1 aliphatic carbocycles. The standard InChI is InChI=1S/C27H25FN2O5/c1-2-14-30(15-24(31)32)26(33)21-12-7-13-23(25(21)28)29-27(34)35-16-22-19-10-5-3-8-17(19)18-9-4-6-11-20(18)22/h3-13,22H,2,14-16H2,1H3,(H,29,34)(H,31,32). The summed E-state index contributed by atoms with van der Waals surface area (Å²) >= 11 is 0. The summed E-state index contributed by atoms with van der Waals surface area (Å²) in [5.41, 5.74) is 3.74. The third-order valence-corrected chi connectivity index (χ3v) is 5.92. The van der Waals surface area contributed by atoms with Gasteiger partial charge in [-0.25, -0.2) is 9.18 Å². The molecule has 0 spiro atoms. The molecule has 3 aromatic carbocycles. The summed E-state index contributed by atoms with van der Waals surface area (Å²) in [5.74, 6) is -3.05. The maximum atomic E-state index is 15.1. The second-order valence-electron chi connectivity index (χ2n) is 8.24. The van der Waals surface area contributed by atoms with Gasteiger partial charge < -0.3 is 14.7 Å². The Labute approximate surface area is 202 Å². The number of amides is 2. The van der Waals surface area contributed by atoms with Crippen molar-refractivity contribution in [2.45, 2.75) is 19.3 Å². The summed E-state index contributed by atoms with van der Waals surface area (Å²) in [4.78, 5) is 37.4. The van der Waals surface area contributed by atoms with Crippen molar-refractivity contribution in [2.75, 3.05) is 25.0 Å². The normalized spacial score (nSPS) is 11.9. The van der Waals surface area contributed by atoms with E-state index in [1.165, 1.54) is 18.2 Å². The van der Waals surface area contributed by atoms with Gasteiger partial charge in [0.25, 0.3) is 5.91 Å². The van der Waals surface area contributed by atoms with Crippen LogP contribution >= 0.6 is 0 Å². The molecule has 0 saturated heterocycles. The molecule has 0 aliphatic heterocycles. The molecule has 0 unspecified atom stereocenters. The van der Waals surface area contributed by atoms with Crippen LogP contribution in [-0.4, -0.2) is 47.7 Å². The Kier molecular flexibility index (Phi) is 7.10. The molecule has 0 fully saturated rings. The fourth-order valence-corrected chi connectivity index (χ4v) is 4.39. The monoisotopic (exact) mass is 476 g/mol. The maximum Gasteiger partial charge on any atom is 0.411 e. The highest BCUT2D eigenvalue weighted by molar-refractivity contribution is 5.98. The zero-order valence-electron chi connectivity index (χ0n) is 19.2. The molecule has 3 aromatic rings. The van der Waals surface area contributed by atoms with Gasteiger partial charge in [-0.3, -0.25) is 14.9 Å². The molecule has 180 valence electrons. The molecule has 35 heavy (non-hydrogen) atoms. The summed E-state index contributed by atoms with van der Waals surface area (Å²) in [5, 5.41) is 11.4. The first kappa shape index (κ1) is 23.9. The minimum absolute atomic E-state index is 0.0585. The van der Waals surface area contributed by atoms with Crippen molar-refractivity contribution in [2.24, 2.45) is 0 Å². The van der Waals surface area contributed by atoms with Crippen molar-refractivity contribution in [3.8, 4) is 11.1 Å². The van der Waals surface area contributed by atoms with E-state index in [0.29, 0.717) is 6.42 Å². The van der Waals surface area contributed by atoms with E-state index in [0.717, 1.165) is 27.2 Å². The highest BCUT2D eigenvalue weighted by atomic mass is 19.1. The number of rotatable bonds is 8. The number of anilines is 1. The van der Waals surface area contributed by atoms with Crippen molar-refractivity contribution in [1.29, 1.82) is 0 Å². The average Bonchev–Trinajstić information content (AvgIpc) is 3.17. The number of carboxylic acids is 1. The van der Waals surface area contributed by atoms with E-state index >= 15 is 4.39 Å². The Balaban J connectivity index is 1.47. The molecule has 1 aliphatic rings. The van der Waals surface area contributed by atoms with E-state index in [9.17, 15) is 14.4 Å². The van der Waals surface area contributed by atoms with E-state index in [2.05, 4.69) is 5.32 Å². The quantitative estimate of drug-likeness (QED) is 0.470. The number of carbonyl (C=O) groups is 3. The Morgan fingerprint density at radius 1 is 0.971 bits per heavy atom. The van der Waals surface area contributed by atoms with Crippen molar-refractivity contribution >= 4 is 23.7 Å². The molecule has 0 aromatic heterocycles. The summed E-state index contributed by atoms with van der Waals surface area (Å²) in [6.45, 7) is 1.46. The van der Waals surface area contributed by atoms with Crippen LogP contribution in [-0.2, 0) is 9.53 Å². The molecule has 0 heterocycles. The number of nitrogens with zero attached hydrogens (tertiary/aromatic N) is 1. The van der Waals surface area contributed by atoms with Crippen LogP contribution in [0, 0.1) is 5.82 Å². The number of carbonyl (C=O) groups excluding carboxylic acids is 2. The van der Waals surface area contributed by atoms with Crippen LogP contribution in [0.1, 0.15) is 40.7 Å². The van der Waals surface area contributed by atoms with Crippen molar-refractivity contribution < 1.29 is 28.6 Å². The molecule has 0 bridgehead atoms. The fraction of sp³-hybridized carbons (Fsp3) is 0.222. The molecule has 8 heteroatoms. The molecule has 7 nitrogen and oxygen atoms in total. The van der Waals surface area contributed by atoms with Crippen LogP contribution in [0.5, 0.6) is 0 Å². The van der Waals surface area contributed by atoms with Gasteiger partial charge in [-0.05, 0) is 40.8 Å². The lowest BCUT2D eigenvalue weighted by atomic mass is 9.98. The third kappa shape index (κ3) is 5.01. The minimum Gasteiger partial charge on any atom is -0.480 e. The molecule has 0 radical (unpaired) electrons. The number of fused-ring (bicyclic) bond motifs is 3. The van der Waals surface area contributed by atoms with Gasteiger partial charge in [0, 0.05) is 12.5 Å². The second kappa shape index (κ2) is 10.4. The van der Waals surface area contributed by atoms with E-state index < -0.39 is 30.3 Å². The number of aliphatic carboxylic acids is 1. The number of nitrogens with one attached hydrogen (secondary N) is 1. The van der Waals surface area contributed by atoms with E-state index in [-0.39, 0.29) is 30.3 Å². The zero-order chi connectivity index (χ0) is 24.9. The number of carboxylic acid groups (broad SMARTS) is 1. The lowest BCUT2D eigenvalue weighted by Gasteiger charge is -2.21. The Hall–Kier alpha value is -4.20. The van der Waals surface area contributed by atoms with Gasteiger partial charge in [-0.1, -0.05) is 61.5 Å². The van der Waals surface area contributed by atoms with E-state index in [4.69, 9.17) is 9.84 Å². The van der Waals surface area contributed by atoms with Crippen LogP contribution in [0.4, 0.5) is 14.9 Å². The van der Waals surface area contributed by atoms with Crippen LogP contribution < -0.4 is 5.32 Å². The molecule has 0 atom stereocenters. The summed E-state index contributed by atoms with van der Waals surface area (Å²) in [6, 6.07) is 19.8. The van der Waals surface area contributed by atoms with Gasteiger partial charge in [0.15, 0.2) is 5.82 Å². The summed E-state index contributed by atoms with van der Waals surface area (Å²) in [6.07, 6.45) is -0.343. The zero-order valence-corrected chi connectivity index (χ0v) is 19.2. The van der Waals surface area contributed by atoms with Gasteiger partial charge >= 0.3 is 12.1 Å². The maximum absolute atomic E-state index is 15.1. The number of hydrogen-bond donors (Lipinski definition) is 2. The van der Waals surface area contributed by atoms with Crippen LogP contribution in [0.25, 0.3) is 11.1 Å². The lowest BCUT2D eigenvalue weighted by Crippen LogP contribution is -2.36. The highest BCUT2D eigenvalue weighted by Crippen LogP contribution is 2.44. The van der Waals surface area contributed by atoms with Gasteiger partial charge in [-0.15, -0.1) is 0 Å². The number of ether oxygens (including phenoxy) is 1. The molecule has 2 N–H and O–H groups in total. The van der Waals surface area contributed by atoms with Crippen LogP contribution in [0.2, 0.25) is 0 Å². The van der Waals surface area contributed by atoms with Crippen molar-refractivity contribution in [3.63, 3.8) is 0 Å². The Bertz CT molecular complexity index is 1230. The van der Waals surface area contributed by atoms with Gasteiger partial charge in [0.1, 0.15) is 13.2 Å². The molecular weight excluding hydrogens is 451 g/mol. The Morgan fingerprint density at radius 3 is 2.20 bits per heavy atom. The first-order valence-electron chi connectivity index (χ1n) is 11.3. The minimum atomic E-state index is -1.19. The topological polar surface area (TPSA) is 95.9 Å². The van der Waals surface area contributed by atoms with E-state index in [1.54, 1.807) is 6.92 Å². The lowest BCUT2D eigenvalue weighted by molar-refractivity contribution is -0.137. The van der Waals surface area contributed by atoms with Crippen LogP contribution in [0.15, 0.2) is 66.7 Å². The van der Waals surface area contributed by atoms with Crippen LogP contribution in [0.3, 0.4) is 0 Å². The molecular formula is C27H25FN2O5. The predicted octanol–water partition coefficient (Wildman–Crippen LogP) is 5.12. The second-order valence-corrected chi connectivity index (χ2v) is 8.24. The Morgan fingerprint density at radius 2 is 1.60 bits per heavy atom. The third-order valence-electron chi connectivity index (χ3n) is 5.92. The smallest absolute Gasteiger partial charge is 0.411 e. The summed E-state index contributed by atoms with van der Waals surface area (Å²) < 4.78 is 20.5. The fourth-order valence-electron chi connectivity index (χ4n) is 4.39. The molecule has 4 rings (SSSR count). The number of halogens is 1. The van der Waals surface area contributed by atoms with Crippen molar-refractivity contribution in [3.05, 3.63) is 89.2 Å². The van der Waals surface area contributed by atoms with Gasteiger partial charge in [0.05, 0.1) is 11.3 Å². The molecule has 0 saturated carbocycles. The van der Waals surface area contributed by atoms with Gasteiger partial charge in [-0.2, -0.15) is 0 Å². The first-order valence-corrected chi connectivity index (χ1v) is 11.3. The first-order chi connectivity index (χ1) is 16.9. The number of hydrogen-bond acceptors (Lipinski definition) is 4. The van der Waals surface area contributed by atoms with Gasteiger partial charge in [0.2, 0.25) is 0 Å². The van der Waals surface area contributed by atoms with E-state index in [1.807, 2.05) is 48.5 Å². The largest absolute Gasteiger partial charge is 0.480 e. The average molecular weight is 477 g/mol. The summed E-state index contributed by atoms with van der Waals surface area (Å²) in [7, 11) is 0. The number of benzene rings is 3. The predicted molar refractivity (Wildman–Crippen MR) is 129 cm³/mol. The molecule has 2 amide bonds. The van der Waals surface area contributed by atoms with Crippen molar-refractivity contribution in [1.82, 2.24) is 4.90 Å². The highest BCUT2D eigenvalue weighted by Gasteiger charge is 2.29. The SMILES string of the molecule is CCCN(CC(=O)O)C(=O)c1cccc(NC(=O)OCC2c3ccccc3-c3ccccc32)c1F.